The van der Waals surface area contributed by atoms with Gasteiger partial charge in [0.1, 0.15) is 0 Å². The first-order valence-electron chi connectivity index (χ1n) is 6.03. The fourth-order valence-corrected chi connectivity index (χ4v) is 3.20. The van der Waals surface area contributed by atoms with Crippen LogP contribution in [0, 0.1) is 17.2 Å². The molecule has 0 amide bonds. The van der Waals surface area contributed by atoms with E-state index in [0.717, 1.165) is 18.5 Å². The van der Waals surface area contributed by atoms with Crippen molar-refractivity contribution in [1.82, 2.24) is 4.90 Å². The van der Waals surface area contributed by atoms with Crippen LogP contribution in [0.2, 0.25) is 0 Å². The summed E-state index contributed by atoms with van der Waals surface area (Å²) in [6.07, 6.45) is 9.17. The molecule has 14 heavy (non-hydrogen) atoms. The molecule has 0 N–H and O–H groups in total. The maximum absolute atomic E-state index is 8.62. The number of piperidine rings is 1. The predicted octanol–water partition coefficient (Wildman–Crippen LogP) is 2.55. The first-order chi connectivity index (χ1) is 6.92. The molecule has 1 saturated carbocycles. The Morgan fingerprint density at radius 2 is 1.93 bits per heavy atom. The van der Waals surface area contributed by atoms with Gasteiger partial charge in [-0.2, -0.15) is 5.26 Å². The molecule has 2 nitrogen and oxygen atoms in total. The Morgan fingerprint density at radius 1 is 1.14 bits per heavy atom. The lowest BCUT2D eigenvalue weighted by atomic mass is 9.78. The van der Waals surface area contributed by atoms with Crippen LogP contribution in [0.1, 0.15) is 44.9 Å². The number of likely N-dealkylation sites (tertiary alicyclic amines) is 1. The summed E-state index contributed by atoms with van der Waals surface area (Å²) in [7, 11) is 0. The standard InChI is InChI=1S/C12H20N2/c13-8-4-10-14-9-3-6-11-5-1-2-7-12(11)14/h11-12H,1-7,9-10H2/t11-,12-/m1/s1. The molecule has 78 valence electrons. The number of fused-ring (bicyclic) bond motifs is 1. The molecule has 2 heteroatoms. The topological polar surface area (TPSA) is 27.0 Å². The molecule has 2 fully saturated rings. The smallest absolute Gasteiger partial charge is 0.0635 e. The zero-order chi connectivity index (χ0) is 9.80. The summed E-state index contributed by atoms with van der Waals surface area (Å²) in [5.41, 5.74) is 0. The van der Waals surface area contributed by atoms with Crippen LogP contribution >= 0.6 is 0 Å². The summed E-state index contributed by atoms with van der Waals surface area (Å²) in [6.45, 7) is 2.25. The molecule has 1 heterocycles. The molecule has 2 rings (SSSR count). The maximum Gasteiger partial charge on any atom is 0.0635 e. The van der Waals surface area contributed by atoms with Crippen LogP contribution in [0.3, 0.4) is 0 Å². The molecule has 1 aliphatic heterocycles. The monoisotopic (exact) mass is 192 g/mol. The van der Waals surface area contributed by atoms with Crippen LogP contribution in [0.5, 0.6) is 0 Å². The molecule has 1 saturated heterocycles. The Hall–Kier alpha value is -0.550. The third-order valence-electron chi connectivity index (χ3n) is 3.87. The molecule has 2 atom stereocenters. The SMILES string of the molecule is N#CCCN1CCC[C@H]2CCCC[C@H]21. The Balaban J connectivity index is 1.91. The highest BCUT2D eigenvalue weighted by Crippen LogP contribution is 2.35. The molecule has 0 spiro atoms. The minimum atomic E-state index is 0.712. The molecular weight excluding hydrogens is 172 g/mol. The van der Waals surface area contributed by atoms with Gasteiger partial charge in [0.2, 0.25) is 0 Å². The summed E-state index contributed by atoms with van der Waals surface area (Å²) >= 11 is 0. The molecule has 2 aliphatic rings. The average molecular weight is 192 g/mol. The van der Waals surface area contributed by atoms with Crippen molar-refractivity contribution in [1.29, 1.82) is 5.26 Å². The van der Waals surface area contributed by atoms with Gasteiger partial charge in [-0.25, -0.2) is 0 Å². The van der Waals surface area contributed by atoms with Crippen LogP contribution in [-0.2, 0) is 0 Å². The van der Waals surface area contributed by atoms with Crippen molar-refractivity contribution in [2.24, 2.45) is 5.92 Å². The van der Waals surface area contributed by atoms with Crippen LogP contribution in [0.4, 0.5) is 0 Å². The Kier molecular flexibility index (Phi) is 3.42. The third-order valence-corrected chi connectivity index (χ3v) is 3.87. The molecule has 0 unspecified atom stereocenters. The highest BCUT2D eigenvalue weighted by Gasteiger charge is 2.32. The van der Waals surface area contributed by atoms with Crippen molar-refractivity contribution in [2.45, 2.75) is 51.0 Å². The van der Waals surface area contributed by atoms with Gasteiger partial charge in [-0.05, 0) is 38.1 Å². The van der Waals surface area contributed by atoms with Crippen molar-refractivity contribution in [3.63, 3.8) is 0 Å². The van der Waals surface area contributed by atoms with Gasteiger partial charge < -0.3 is 0 Å². The van der Waals surface area contributed by atoms with E-state index in [1.165, 1.54) is 45.1 Å². The summed E-state index contributed by atoms with van der Waals surface area (Å²) in [6, 6.07) is 3.09. The highest BCUT2D eigenvalue weighted by atomic mass is 15.2. The lowest BCUT2D eigenvalue weighted by Crippen LogP contribution is -2.46. The lowest BCUT2D eigenvalue weighted by molar-refractivity contribution is 0.0629. The molecule has 0 aromatic carbocycles. The number of hydrogen-bond donors (Lipinski definition) is 0. The Labute approximate surface area is 86.9 Å². The molecule has 0 aromatic rings. The largest absolute Gasteiger partial charge is 0.299 e. The number of rotatable bonds is 2. The van der Waals surface area contributed by atoms with E-state index < -0.39 is 0 Å². The van der Waals surface area contributed by atoms with E-state index in [1.54, 1.807) is 0 Å². The maximum atomic E-state index is 8.62. The molecule has 0 aromatic heterocycles. The van der Waals surface area contributed by atoms with Gasteiger partial charge in [0.15, 0.2) is 0 Å². The zero-order valence-electron chi connectivity index (χ0n) is 8.91. The predicted molar refractivity (Wildman–Crippen MR) is 56.8 cm³/mol. The highest BCUT2D eigenvalue weighted by molar-refractivity contribution is 4.88. The van der Waals surface area contributed by atoms with Gasteiger partial charge in [0.25, 0.3) is 0 Å². The van der Waals surface area contributed by atoms with Gasteiger partial charge in [0.05, 0.1) is 6.07 Å². The second-order valence-electron chi connectivity index (χ2n) is 4.70. The van der Waals surface area contributed by atoms with Gasteiger partial charge in [0, 0.05) is 19.0 Å². The molecular formula is C12H20N2. The van der Waals surface area contributed by atoms with E-state index in [0.29, 0.717) is 6.42 Å². The van der Waals surface area contributed by atoms with E-state index in [4.69, 9.17) is 5.26 Å². The van der Waals surface area contributed by atoms with E-state index in [2.05, 4.69) is 11.0 Å². The van der Waals surface area contributed by atoms with Crippen molar-refractivity contribution in [3.8, 4) is 6.07 Å². The first-order valence-corrected chi connectivity index (χ1v) is 6.03. The fraction of sp³-hybridized carbons (Fsp3) is 0.917. The minimum absolute atomic E-state index is 0.712. The fourth-order valence-electron chi connectivity index (χ4n) is 3.20. The van der Waals surface area contributed by atoms with Crippen LogP contribution in [0.15, 0.2) is 0 Å². The van der Waals surface area contributed by atoms with E-state index in [1.807, 2.05) is 0 Å². The number of nitrogens with zero attached hydrogens (tertiary/aromatic N) is 2. The molecule has 0 bridgehead atoms. The van der Waals surface area contributed by atoms with Gasteiger partial charge >= 0.3 is 0 Å². The van der Waals surface area contributed by atoms with Gasteiger partial charge in [-0.3, -0.25) is 4.90 Å². The summed E-state index contributed by atoms with van der Waals surface area (Å²) in [4.78, 5) is 2.58. The zero-order valence-corrected chi connectivity index (χ0v) is 8.91. The van der Waals surface area contributed by atoms with E-state index in [9.17, 15) is 0 Å². The van der Waals surface area contributed by atoms with Crippen LogP contribution in [0.25, 0.3) is 0 Å². The average Bonchev–Trinajstić information content (AvgIpc) is 2.26. The Morgan fingerprint density at radius 3 is 2.79 bits per heavy atom. The van der Waals surface area contributed by atoms with Gasteiger partial charge in [-0.1, -0.05) is 12.8 Å². The first kappa shape index (κ1) is 9.98. The van der Waals surface area contributed by atoms with Crippen molar-refractivity contribution < 1.29 is 0 Å². The normalized spacial score (nSPS) is 33.4. The molecule has 0 radical (unpaired) electrons. The van der Waals surface area contributed by atoms with E-state index >= 15 is 0 Å². The van der Waals surface area contributed by atoms with Crippen molar-refractivity contribution in [2.75, 3.05) is 13.1 Å². The quantitative estimate of drug-likeness (QED) is 0.672. The number of hydrogen-bond acceptors (Lipinski definition) is 2. The number of nitriles is 1. The minimum Gasteiger partial charge on any atom is -0.299 e. The van der Waals surface area contributed by atoms with Crippen molar-refractivity contribution >= 4 is 0 Å². The lowest BCUT2D eigenvalue weighted by Gasteiger charge is -2.44. The summed E-state index contributed by atoms with van der Waals surface area (Å²) in [5.74, 6) is 0.955. The third kappa shape index (κ3) is 2.09. The van der Waals surface area contributed by atoms with Crippen molar-refractivity contribution in [3.05, 3.63) is 0 Å². The van der Waals surface area contributed by atoms with Crippen LogP contribution < -0.4 is 0 Å². The summed E-state index contributed by atoms with van der Waals surface area (Å²) in [5, 5.41) is 8.62. The Bertz CT molecular complexity index is 217. The van der Waals surface area contributed by atoms with E-state index in [-0.39, 0.29) is 0 Å². The second kappa shape index (κ2) is 4.79. The van der Waals surface area contributed by atoms with Crippen LogP contribution in [-0.4, -0.2) is 24.0 Å². The van der Waals surface area contributed by atoms with Gasteiger partial charge in [-0.15, -0.1) is 0 Å². The summed E-state index contributed by atoms with van der Waals surface area (Å²) < 4.78 is 0. The molecule has 1 aliphatic carbocycles. The second-order valence-corrected chi connectivity index (χ2v) is 4.70.